The molecule has 3 aromatic rings. The van der Waals surface area contributed by atoms with Crippen LogP contribution in [-0.2, 0) is 4.74 Å². The van der Waals surface area contributed by atoms with Gasteiger partial charge in [-0.25, -0.2) is 0 Å². The maximum atomic E-state index is 5.40. The molecule has 35 heavy (non-hydrogen) atoms. The molecule has 1 atom stereocenters. The van der Waals surface area contributed by atoms with Gasteiger partial charge in [0.15, 0.2) is 0 Å². The molecule has 0 amide bonds. The third-order valence-corrected chi connectivity index (χ3v) is 3.24. The lowest BCUT2D eigenvalue weighted by Gasteiger charge is -2.01. The first-order valence-corrected chi connectivity index (χ1v) is 14.0. The molecule has 1 heterocycles. The average Bonchev–Trinajstić information content (AvgIpc) is 3.79. The molecule has 1 aliphatic rings. The van der Waals surface area contributed by atoms with Crippen LogP contribution in [0.25, 0.3) is 10.8 Å². The number of para-hydroxylation sites is 1. The number of rotatable bonds is 3. The van der Waals surface area contributed by atoms with Crippen molar-refractivity contribution in [3.05, 3.63) is 78.9 Å². The number of fused-ring (bicyclic) bond motifs is 1. The molecule has 0 saturated carbocycles. The lowest BCUT2D eigenvalue weighted by Crippen LogP contribution is -2.03. The molecule has 1 unspecified atom stereocenters. The van der Waals surface area contributed by atoms with Crippen LogP contribution in [0, 0.1) is 0 Å². The van der Waals surface area contributed by atoms with Gasteiger partial charge in [-0.3, -0.25) is 0 Å². The van der Waals surface area contributed by atoms with Gasteiger partial charge in [0.2, 0.25) is 0 Å². The van der Waals surface area contributed by atoms with Gasteiger partial charge in [0.25, 0.3) is 0 Å². The number of ether oxygens (including phenoxy) is 2. The number of hydrogen-bond donors (Lipinski definition) is 0. The number of benzene rings is 3. The Morgan fingerprint density at radius 1 is 0.571 bits per heavy atom. The highest BCUT2D eigenvalue weighted by molar-refractivity contribution is 5.81. The van der Waals surface area contributed by atoms with Crippen molar-refractivity contribution in [2.24, 2.45) is 0 Å². The molecule has 0 aromatic heterocycles. The third-order valence-electron chi connectivity index (χ3n) is 3.24. The minimum absolute atomic E-state index is 0.343. The Bertz CT molecular complexity index is 639. The van der Waals surface area contributed by atoms with Gasteiger partial charge < -0.3 is 9.47 Å². The predicted molar refractivity (Wildman–Crippen MR) is 163 cm³/mol. The summed E-state index contributed by atoms with van der Waals surface area (Å²) in [5.74, 6) is 0.919. The van der Waals surface area contributed by atoms with Crippen molar-refractivity contribution in [3.8, 4) is 5.75 Å². The molecule has 4 rings (SSSR count). The Morgan fingerprint density at radius 2 is 0.857 bits per heavy atom. The second-order valence-electron chi connectivity index (χ2n) is 6.34. The Hall–Kier alpha value is -2.32. The van der Waals surface area contributed by atoms with Gasteiger partial charge in [0.1, 0.15) is 18.5 Å². The fourth-order valence-corrected chi connectivity index (χ4v) is 2.00. The van der Waals surface area contributed by atoms with Gasteiger partial charge in [-0.2, -0.15) is 0 Å². The molecular formula is C33H58O2. The van der Waals surface area contributed by atoms with Crippen LogP contribution >= 0.6 is 0 Å². The zero-order chi connectivity index (χ0) is 27.7. The molecule has 0 N–H and O–H groups in total. The average molecular weight is 487 g/mol. The van der Waals surface area contributed by atoms with E-state index in [4.69, 9.17) is 9.47 Å². The Balaban J connectivity index is -0.000000184. The van der Waals surface area contributed by atoms with E-state index >= 15 is 0 Å². The lowest BCUT2D eigenvalue weighted by atomic mass is 10.1. The van der Waals surface area contributed by atoms with E-state index in [0.717, 1.165) is 12.4 Å². The van der Waals surface area contributed by atoms with Gasteiger partial charge in [-0.15, -0.1) is 0 Å². The maximum Gasteiger partial charge on any atom is 0.119 e. The number of hydrogen-bond acceptors (Lipinski definition) is 2. The highest BCUT2D eigenvalue weighted by Gasteiger charge is 2.22. The monoisotopic (exact) mass is 486 g/mol. The van der Waals surface area contributed by atoms with Crippen LogP contribution in [0.4, 0.5) is 0 Å². The van der Waals surface area contributed by atoms with Crippen molar-refractivity contribution in [2.45, 2.75) is 102 Å². The van der Waals surface area contributed by atoms with E-state index in [1.54, 1.807) is 0 Å². The Kier molecular flexibility index (Phi) is 41.3. The highest BCUT2D eigenvalue weighted by atomic mass is 16.6. The zero-order valence-electron chi connectivity index (χ0n) is 25.2. The molecule has 1 aliphatic heterocycles. The van der Waals surface area contributed by atoms with Crippen molar-refractivity contribution in [3.63, 3.8) is 0 Å². The molecular weight excluding hydrogens is 428 g/mol. The van der Waals surface area contributed by atoms with E-state index in [1.165, 1.54) is 23.6 Å². The lowest BCUT2D eigenvalue weighted by molar-refractivity contribution is 0.263. The normalized spacial score (nSPS) is 11.3. The molecule has 1 saturated heterocycles. The zero-order valence-corrected chi connectivity index (χ0v) is 25.2. The SMILES string of the molecule is CC.CC.CC.CC.CCC.CCC.c1ccc(OCC2CO2)cc1.c1ccc2ccccc2c1. The summed E-state index contributed by atoms with van der Waals surface area (Å²) in [7, 11) is 0. The molecule has 0 aliphatic carbocycles. The van der Waals surface area contributed by atoms with Crippen molar-refractivity contribution in [1.82, 2.24) is 0 Å². The van der Waals surface area contributed by atoms with Crippen LogP contribution in [-0.4, -0.2) is 19.3 Å². The summed E-state index contributed by atoms with van der Waals surface area (Å²) >= 11 is 0. The van der Waals surface area contributed by atoms with E-state index in [0.29, 0.717) is 12.7 Å². The van der Waals surface area contributed by atoms with Crippen molar-refractivity contribution >= 4 is 10.8 Å². The van der Waals surface area contributed by atoms with Gasteiger partial charge >= 0.3 is 0 Å². The van der Waals surface area contributed by atoms with Crippen LogP contribution in [0.3, 0.4) is 0 Å². The van der Waals surface area contributed by atoms with Crippen molar-refractivity contribution in [2.75, 3.05) is 13.2 Å². The molecule has 0 bridgehead atoms. The summed E-state index contributed by atoms with van der Waals surface area (Å²) in [6.07, 6.45) is 2.84. The van der Waals surface area contributed by atoms with Crippen LogP contribution in [0.15, 0.2) is 78.9 Å². The first-order valence-electron chi connectivity index (χ1n) is 14.0. The smallest absolute Gasteiger partial charge is 0.119 e. The van der Waals surface area contributed by atoms with Crippen LogP contribution in [0.5, 0.6) is 5.75 Å². The summed E-state index contributed by atoms with van der Waals surface area (Å²) < 4.78 is 10.4. The van der Waals surface area contributed by atoms with E-state index in [1.807, 2.05) is 85.7 Å². The van der Waals surface area contributed by atoms with Crippen molar-refractivity contribution in [1.29, 1.82) is 0 Å². The molecule has 202 valence electrons. The summed E-state index contributed by atoms with van der Waals surface area (Å²) in [6.45, 7) is 26.0. The van der Waals surface area contributed by atoms with Crippen LogP contribution in [0.2, 0.25) is 0 Å². The molecule has 0 spiro atoms. The quantitative estimate of drug-likeness (QED) is 0.343. The first kappa shape index (κ1) is 39.9. The fraction of sp³-hybridized carbons (Fsp3) is 0.515. The van der Waals surface area contributed by atoms with Crippen LogP contribution in [0.1, 0.15) is 95.9 Å². The first-order chi connectivity index (χ1) is 17.2. The van der Waals surface area contributed by atoms with Gasteiger partial charge in [-0.05, 0) is 22.9 Å². The second kappa shape index (κ2) is 36.3. The van der Waals surface area contributed by atoms with E-state index in [9.17, 15) is 0 Å². The third kappa shape index (κ3) is 27.8. The molecule has 2 nitrogen and oxygen atoms in total. The summed E-state index contributed by atoms with van der Waals surface area (Å²) in [4.78, 5) is 0. The molecule has 1 fully saturated rings. The highest BCUT2D eigenvalue weighted by Crippen LogP contribution is 2.13. The van der Waals surface area contributed by atoms with Gasteiger partial charge in [0.05, 0.1) is 6.61 Å². The van der Waals surface area contributed by atoms with Crippen LogP contribution < -0.4 is 4.74 Å². The number of epoxide rings is 1. The summed E-state index contributed by atoms with van der Waals surface area (Å²) in [5.41, 5.74) is 0. The van der Waals surface area contributed by atoms with Gasteiger partial charge in [-0.1, -0.05) is 163 Å². The van der Waals surface area contributed by atoms with E-state index in [2.05, 4.69) is 76.2 Å². The Labute approximate surface area is 220 Å². The molecule has 0 radical (unpaired) electrons. The Morgan fingerprint density at radius 3 is 1.14 bits per heavy atom. The standard InChI is InChI=1S/C10H8.C9H10O2.2C3H8.4C2H6/c1-2-6-10-8-4-3-7-9(10)5-1;1-2-4-8(5-3-1)10-6-9-7-11-9;2*1-3-2;4*1-2/h1-8H;1-5,9H,6-7H2;2*3H2,1-2H3;4*1-2H3. The van der Waals surface area contributed by atoms with E-state index in [-0.39, 0.29) is 0 Å². The topological polar surface area (TPSA) is 21.8 Å². The predicted octanol–water partition coefficient (Wildman–Crippen LogP) is 11.2. The second-order valence-corrected chi connectivity index (χ2v) is 6.34. The van der Waals surface area contributed by atoms with Gasteiger partial charge in [0, 0.05) is 0 Å². The summed E-state index contributed by atoms with van der Waals surface area (Å²) in [6, 6.07) is 26.5. The van der Waals surface area contributed by atoms with Crippen molar-refractivity contribution < 1.29 is 9.47 Å². The summed E-state index contributed by atoms with van der Waals surface area (Å²) in [5, 5.41) is 2.62. The largest absolute Gasteiger partial charge is 0.491 e. The minimum Gasteiger partial charge on any atom is -0.491 e. The maximum absolute atomic E-state index is 5.40. The molecule has 3 aromatic carbocycles. The molecule has 2 heteroatoms. The fourth-order valence-electron chi connectivity index (χ4n) is 2.00. The van der Waals surface area contributed by atoms with E-state index < -0.39 is 0 Å². The minimum atomic E-state index is 0.343.